The molecule has 0 amide bonds. The van der Waals surface area contributed by atoms with Crippen molar-refractivity contribution in [1.29, 1.82) is 0 Å². The van der Waals surface area contributed by atoms with Crippen molar-refractivity contribution in [3.05, 3.63) is 18.3 Å². The molecular weight excluding hydrogens is 250 g/mol. The summed E-state index contributed by atoms with van der Waals surface area (Å²) in [5, 5.41) is 0. The average Bonchev–Trinajstić information content (AvgIpc) is 2.95. The Morgan fingerprint density at radius 1 is 1.40 bits per heavy atom. The first-order valence-corrected chi connectivity index (χ1v) is 7.86. The molecule has 1 fully saturated rings. The van der Waals surface area contributed by atoms with E-state index in [0.29, 0.717) is 12.0 Å². The van der Waals surface area contributed by atoms with Crippen LogP contribution in [0.2, 0.25) is 0 Å². The molecule has 0 bridgehead atoms. The van der Waals surface area contributed by atoms with Gasteiger partial charge in [-0.1, -0.05) is 13.3 Å². The molecule has 112 valence electrons. The van der Waals surface area contributed by atoms with Gasteiger partial charge in [0.05, 0.1) is 6.61 Å². The molecule has 0 spiro atoms. The smallest absolute Gasteiger partial charge is 0.171 e. The van der Waals surface area contributed by atoms with Crippen LogP contribution in [0.15, 0.2) is 18.3 Å². The lowest BCUT2D eigenvalue weighted by Crippen LogP contribution is -2.41. The van der Waals surface area contributed by atoms with E-state index in [9.17, 15) is 0 Å². The van der Waals surface area contributed by atoms with Gasteiger partial charge in [0.1, 0.15) is 0 Å². The van der Waals surface area contributed by atoms with E-state index in [2.05, 4.69) is 23.7 Å². The van der Waals surface area contributed by atoms with Crippen LogP contribution in [-0.2, 0) is 0 Å². The Balaban J connectivity index is 2.22. The van der Waals surface area contributed by atoms with E-state index < -0.39 is 0 Å². The van der Waals surface area contributed by atoms with Gasteiger partial charge < -0.3 is 15.4 Å². The second-order valence-electron chi connectivity index (χ2n) is 5.45. The molecule has 0 radical (unpaired) electrons. The molecule has 1 aromatic rings. The Hall–Kier alpha value is -1.29. The number of nitrogens with two attached hydrogens (primary N) is 1. The van der Waals surface area contributed by atoms with Gasteiger partial charge in [-0.05, 0) is 50.8 Å². The summed E-state index contributed by atoms with van der Waals surface area (Å²) in [5.74, 6) is 2.46. The van der Waals surface area contributed by atoms with Gasteiger partial charge in [0.2, 0.25) is 0 Å². The Morgan fingerprint density at radius 3 is 2.95 bits per heavy atom. The van der Waals surface area contributed by atoms with Crippen LogP contribution >= 0.6 is 0 Å². The van der Waals surface area contributed by atoms with Crippen molar-refractivity contribution in [1.82, 2.24) is 4.98 Å². The molecule has 0 saturated heterocycles. The first-order chi connectivity index (χ1) is 9.81. The summed E-state index contributed by atoms with van der Waals surface area (Å²) >= 11 is 0. The van der Waals surface area contributed by atoms with Gasteiger partial charge in [-0.2, -0.15) is 0 Å². The van der Waals surface area contributed by atoms with Crippen molar-refractivity contribution < 1.29 is 4.74 Å². The minimum Gasteiger partial charge on any atom is -0.490 e. The standard InChI is InChI=1S/C16H27N3O/c1-3-11-20-15-9-6-10-18-16(15)19(4-2)14-8-5-7-13(14)12-17/h6,9-10,13-14H,3-5,7-8,11-12,17H2,1-2H3. The Bertz CT molecular complexity index is 410. The third kappa shape index (κ3) is 3.23. The topological polar surface area (TPSA) is 51.4 Å². The van der Waals surface area contributed by atoms with E-state index >= 15 is 0 Å². The van der Waals surface area contributed by atoms with Gasteiger partial charge in [-0.15, -0.1) is 0 Å². The van der Waals surface area contributed by atoms with E-state index in [1.54, 1.807) is 0 Å². The predicted octanol–water partition coefficient (Wildman–Crippen LogP) is 2.82. The van der Waals surface area contributed by atoms with Crippen LogP contribution in [0.1, 0.15) is 39.5 Å². The molecule has 1 saturated carbocycles. The number of ether oxygens (including phenoxy) is 1. The molecule has 0 aromatic carbocycles. The summed E-state index contributed by atoms with van der Waals surface area (Å²) in [6.07, 6.45) is 6.56. The Kier molecular flexibility index (Phi) is 5.65. The van der Waals surface area contributed by atoms with Crippen LogP contribution in [-0.4, -0.2) is 30.7 Å². The fourth-order valence-electron chi connectivity index (χ4n) is 3.17. The Morgan fingerprint density at radius 2 is 2.25 bits per heavy atom. The highest BCUT2D eigenvalue weighted by atomic mass is 16.5. The van der Waals surface area contributed by atoms with Crippen LogP contribution in [0.5, 0.6) is 5.75 Å². The number of pyridine rings is 1. The molecule has 4 heteroatoms. The van der Waals surface area contributed by atoms with Crippen molar-refractivity contribution >= 4 is 5.82 Å². The quantitative estimate of drug-likeness (QED) is 0.832. The fraction of sp³-hybridized carbons (Fsp3) is 0.688. The summed E-state index contributed by atoms with van der Waals surface area (Å²) in [7, 11) is 0. The van der Waals surface area contributed by atoms with Gasteiger partial charge in [-0.25, -0.2) is 4.98 Å². The van der Waals surface area contributed by atoms with Crippen molar-refractivity contribution in [3.63, 3.8) is 0 Å². The molecule has 1 aliphatic carbocycles. The van der Waals surface area contributed by atoms with Gasteiger partial charge in [0, 0.05) is 18.8 Å². The third-order valence-electron chi connectivity index (χ3n) is 4.15. The number of rotatable bonds is 7. The molecule has 2 rings (SSSR count). The predicted molar refractivity (Wildman–Crippen MR) is 83.2 cm³/mol. The molecule has 1 aliphatic rings. The van der Waals surface area contributed by atoms with E-state index in [1.807, 2.05) is 18.3 Å². The minimum atomic E-state index is 0.504. The van der Waals surface area contributed by atoms with Crippen LogP contribution < -0.4 is 15.4 Å². The third-order valence-corrected chi connectivity index (χ3v) is 4.15. The van der Waals surface area contributed by atoms with Crippen LogP contribution in [0, 0.1) is 5.92 Å². The molecule has 1 aromatic heterocycles. The van der Waals surface area contributed by atoms with Crippen molar-refractivity contribution in [2.24, 2.45) is 11.7 Å². The van der Waals surface area contributed by atoms with Gasteiger partial charge >= 0.3 is 0 Å². The van der Waals surface area contributed by atoms with Crippen LogP contribution in [0.3, 0.4) is 0 Å². The highest BCUT2D eigenvalue weighted by molar-refractivity contribution is 5.53. The van der Waals surface area contributed by atoms with Crippen molar-refractivity contribution in [2.75, 3.05) is 24.6 Å². The maximum atomic E-state index is 5.93. The normalized spacial score (nSPS) is 21.9. The number of anilines is 1. The Labute approximate surface area is 122 Å². The summed E-state index contributed by atoms with van der Waals surface area (Å²) in [4.78, 5) is 6.96. The number of nitrogens with zero attached hydrogens (tertiary/aromatic N) is 2. The van der Waals surface area contributed by atoms with E-state index in [0.717, 1.165) is 37.7 Å². The largest absolute Gasteiger partial charge is 0.490 e. The molecule has 20 heavy (non-hydrogen) atoms. The minimum absolute atomic E-state index is 0.504. The first-order valence-electron chi connectivity index (χ1n) is 7.86. The summed E-state index contributed by atoms with van der Waals surface area (Å²) < 4.78 is 5.86. The highest BCUT2D eigenvalue weighted by Crippen LogP contribution is 2.35. The highest BCUT2D eigenvalue weighted by Gasteiger charge is 2.32. The summed E-state index contributed by atoms with van der Waals surface area (Å²) in [5.41, 5.74) is 5.93. The molecule has 4 nitrogen and oxygen atoms in total. The van der Waals surface area contributed by atoms with Gasteiger partial charge in [0.25, 0.3) is 0 Å². The SMILES string of the molecule is CCCOc1cccnc1N(CC)C1CCCC1CN. The zero-order chi connectivity index (χ0) is 14.4. The van der Waals surface area contributed by atoms with E-state index in [-0.39, 0.29) is 0 Å². The number of hydrogen-bond acceptors (Lipinski definition) is 4. The van der Waals surface area contributed by atoms with Crippen molar-refractivity contribution in [3.8, 4) is 5.75 Å². The lowest BCUT2D eigenvalue weighted by molar-refractivity contribution is 0.314. The van der Waals surface area contributed by atoms with Crippen molar-refractivity contribution in [2.45, 2.75) is 45.6 Å². The number of aromatic nitrogens is 1. The zero-order valence-corrected chi connectivity index (χ0v) is 12.7. The summed E-state index contributed by atoms with van der Waals surface area (Å²) in [6, 6.07) is 4.47. The van der Waals surface area contributed by atoms with Crippen LogP contribution in [0.25, 0.3) is 0 Å². The fourth-order valence-corrected chi connectivity index (χ4v) is 3.17. The molecule has 2 N–H and O–H groups in total. The molecule has 2 atom stereocenters. The lowest BCUT2D eigenvalue weighted by atomic mass is 10.0. The average molecular weight is 277 g/mol. The maximum Gasteiger partial charge on any atom is 0.171 e. The molecule has 1 heterocycles. The summed E-state index contributed by atoms with van der Waals surface area (Å²) in [6.45, 7) is 6.75. The van der Waals surface area contributed by atoms with Crippen LogP contribution in [0.4, 0.5) is 5.82 Å². The lowest BCUT2D eigenvalue weighted by Gasteiger charge is -2.33. The monoisotopic (exact) mass is 277 g/mol. The van der Waals surface area contributed by atoms with E-state index in [4.69, 9.17) is 10.5 Å². The first kappa shape index (κ1) is 15.1. The zero-order valence-electron chi connectivity index (χ0n) is 12.7. The van der Waals surface area contributed by atoms with E-state index in [1.165, 1.54) is 19.3 Å². The van der Waals surface area contributed by atoms with Gasteiger partial charge in [0.15, 0.2) is 11.6 Å². The molecule has 0 aliphatic heterocycles. The second-order valence-corrected chi connectivity index (χ2v) is 5.45. The maximum absolute atomic E-state index is 5.93. The second kappa shape index (κ2) is 7.48. The molecular formula is C16H27N3O. The molecule has 2 unspecified atom stereocenters. The number of hydrogen-bond donors (Lipinski definition) is 1. The van der Waals surface area contributed by atoms with Gasteiger partial charge in [-0.3, -0.25) is 0 Å².